The highest BCUT2D eigenvalue weighted by Gasteiger charge is 2.26. The first-order chi connectivity index (χ1) is 6.04. The fourth-order valence-electron chi connectivity index (χ4n) is 1.66. The monoisotopic (exact) mass is 202 g/mol. The zero-order valence-corrected chi connectivity index (χ0v) is 9.82. The number of rotatable bonds is 1. The smallest absolute Gasteiger partial charge is 0.0241 e. The van der Waals surface area contributed by atoms with Gasteiger partial charge in [-0.2, -0.15) is 12.6 Å². The van der Waals surface area contributed by atoms with Crippen LogP contribution in [0.3, 0.4) is 0 Å². The minimum Gasteiger partial charge on any atom is -0.312 e. The van der Waals surface area contributed by atoms with E-state index in [1.54, 1.807) is 0 Å². The van der Waals surface area contributed by atoms with E-state index in [2.05, 4.69) is 44.0 Å². The molecule has 0 aliphatic carbocycles. The van der Waals surface area contributed by atoms with Crippen molar-refractivity contribution in [1.82, 2.24) is 10.6 Å². The van der Waals surface area contributed by atoms with Crippen LogP contribution in [-0.2, 0) is 0 Å². The van der Waals surface area contributed by atoms with Crippen LogP contribution in [0.25, 0.3) is 0 Å². The topological polar surface area (TPSA) is 24.1 Å². The standard InChI is InChI=1S/C10H22N2S/c1-10(2,3)9-6-12-8(7-13)4-5-11-9/h8-9,11-13H,4-7H2,1-3H3/t8-,9?/m0/s1. The van der Waals surface area contributed by atoms with E-state index in [1.165, 1.54) is 6.42 Å². The Morgan fingerprint density at radius 3 is 2.54 bits per heavy atom. The molecule has 1 unspecified atom stereocenters. The van der Waals surface area contributed by atoms with Crippen LogP contribution in [0.5, 0.6) is 0 Å². The molecule has 2 atom stereocenters. The lowest BCUT2D eigenvalue weighted by atomic mass is 9.87. The predicted molar refractivity (Wildman–Crippen MR) is 61.5 cm³/mol. The molecule has 0 bridgehead atoms. The van der Waals surface area contributed by atoms with Crippen molar-refractivity contribution in [3.8, 4) is 0 Å². The second-order valence-corrected chi connectivity index (χ2v) is 5.31. The molecule has 1 heterocycles. The average molecular weight is 202 g/mol. The first-order valence-electron chi connectivity index (χ1n) is 5.11. The molecule has 1 aliphatic rings. The minimum atomic E-state index is 0.346. The fraction of sp³-hybridized carbons (Fsp3) is 1.00. The summed E-state index contributed by atoms with van der Waals surface area (Å²) in [4.78, 5) is 0. The summed E-state index contributed by atoms with van der Waals surface area (Å²) < 4.78 is 0. The molecule has 1 fully saturated rings. The largest absolute Gasteiger partial charge is 0.312 e. The van der Waals surface area contributed by atoms with Crippen LogP contribution >= 0.6 is 12.6 Å². The third-order valence-electron chi connectivity index (χ3n) is 2.76. The molecule has 0 aromatic heterocycles. The van der Waals surface area contributed by atoms with E-state index < -0.39 is 0 Å². The van der Waals surface area contributed by atoms with E-state index in [4.69, 9.17) is 0 Å². The molecule has 0 radical (unpaired) electrons. The Bertz CT molecular complexity index is 153. The molecule has 0 aromatic rings. The van der Waals surface area contributed by atoms with Crippen molar-refractivity contribution < 1.29 is 0 Å². The lowest BCUT2D eigenvalue weighted by Gasteiger charge is -2.30. The number of hydrogen-bond acceptors (Lipinski definition) is 3. The molecular formula is C10H22N2S. The van der Waals surface area contributed by atoms with Gasteiger partial charge in [-0.3, -0.25) is 0 Å². The summed E-state index contributed by atoms with van der Waals surface area (Å²) in [6.07, 6.45) is 1.19. The summed E-state index contributed by atoms with van der Waals surface area (Å²) in [7, 11) is 0. The first kappa shape index (κ1) is 11.3. The maximum absolute atomic E-state index is 4.32. The van der Waals surface area contributed by atoms with Gasteiger partial charge in [0.1, 0.15) is 0 Å². The second-order valence-electron chi connectivity index (χ2n) is 4.95. The Balaban J connectivity index is 2.45. The highest BCUT2D eigenvalue weighted by atomic mass is 32.1. The average Bonchev–Trinajstić information content (AvgIpc) is 2.26. The summed E-state index contributed by atoms with van der Waals surface area (Å²) in [5.74, 6) is 0.943. The van der Waals surface area contributed by atoms with Crippen molar-refractivity contribution in [3.05, 3.63) is 0 Å². The van der Waals surface area contributed by atoms with E-state index in [9.17, 15) is 0 Å². The van der Waals surface area contributed by atoms with Crippen LogP contribution in [0.4, 0.5) is 0 Å². The Morgan fingerprint density at radius 2 is 2.00 bits per heavy atom. The van der Waals surface area contributed by atoms with E-state index in [0.717, 1.165) is 18.8 Å². The predicted octanol–water partition coefficient (Wildman–Crippen LogP) is 1.28. The molecule has 0 spiro atoms. The highest BCUT2D eigenvalue weighted by molar-refractivity contribution is 7.80. The molecule has 0 saturated carbocycles. The van der Waals surface area contributed by atoms with Crippen LogP contribution in [0.2, 0.25) is 0 Å². The van der Waals surface area contributed by atoms with Crippen molar-refractivity contribution in [1.29, 1.82) is 0 Å². The van der Waals surface area contributed by atoms with E-state index >= 15 is 0 Å². The molecule has 1 saturated heterocycles. The molecule has 3 heteroatoms. The van der Waals surface area contributed by atoms with Crippen molar-refractivity contribution in [2.24, 2.45) is 5.41 Å². The Labute approximate surface area is 87.3 Å². The molecule has 2 nitrogen and oxygen atoms in total. The van der Waals surface area contributed by atoms with Crippen LogP contribution in [0, 0.1) is 5.41 Å². The van der Waals surface area contributed by atoms with Crippen LogP contribution < -0.4 is 10.6 Å². The zero-order valence-electron chi connectivity index (χ0n) is 8.93. The van der Waals surface area contributed by atoms with Gasteiger partial charge < -0.3 is 10.6 Å². The van der Waals surface area contributed by atoms with Gasteiger partial charge in [-0.1, -0.05) is 20.8 Å². The molecule has 78 valence electrons. The van der Waals surface area contributed by atoms with E-state index in [-0.39, 0.29) is 0 Å². The second kappa shape index (κ2) is 4.67. The summed E-state index contributed by atoms with van der Waals surface area (Å²) in [6, 6.07) is 1.17. The molecule has 1 aliphatic heterocycles. The van der Waals surface area contributed by atoms with Crippen molar-refractivity contribution in [3.63, 3.8) is 0 Å². The fourth-order valence-corrected chi connectivity index (χ4v) is 1.97. The van der Waals surface area contributed by atoms with Crippen LogP contribution in [0.15, 0.2) is 0 Å². The van der Waals surface area contributed by atoms with Crippen molar-refractivity contribution in [2.45, 2.75) is 39.3 Å². The molecule has 0 aromatic carbocycles. The van der Waals surface area contributed by atoms with Crippen LogP contribution in [-0.4, -0.2) is 30.9 Å². The Hall–Kier alpha value is 0.270. The van der Waals surface area contributed by atoms with E-state index in [0.29, 0.717) is 17.5 Å². The number of thiol groups is 1. The lowest BCUT2D eigenvalue weighted by Crippen LogP contribution is -2.45. The van der Waals surface area contributed by atoms with Gasteiger partial charge in [0.25, 0.3) is 0 Å². The highest BCUT2D eigenvalue weighted by Crippen LogP contribution is 2.20. The number of nitrogens with one attached hydrogen (secondary N) is 2. The third-order valence-corrected chi connectivity index (χ3v) is 3.20. The summed E-state index contributed by atoms with van der Waals surface area (Å²) >= 11 is 4.32. The number of hydrogen-bond donors (Lipinski definition) is 3. The summed E-state index contributed by atoms with van der Waals surface area (Å²) in [5, 5.41) is 7.14. The molecule has 13 heavy (non-hydrogen) atoms. The van der Waals surface area contributed by atoms with Crippen molar-refractivity contribution >= 4 is 12.6 Å². The Morgan fingerprint density at radius 1 is 1.31 bits per heavy atom. The van der Waals surface area contributed by atoms with Gasteiger partial charge in [-0.25, -0.2) is 0 Å². The maximum atomic E-state index is 4.32. The Kier molecular flexibility index (Phi) is 4.07. The van der Waals surface area contributed by atoms with Gasteiger partial charge in [0.2, 0.25) is 0 Å². The lowest BCUT2D eigenvalue weighted by molar-refractivity contribution is 0.273. The normalized spacial score (nSPS) is 31.4. The summed E-state index contributed by atoms with van der Waals surface area (Å²) in [6.45, 7) is 9.03. The third kappa shape index (κ3) is 3.49. The van der Waals surface area contributed by atoms with Gasteiger partial charge in [-0.15, -0.1) is 0 Å². The van der Waals surface area contributed by atoms with Crippen LogP contribution in [0.1, 0.15) is 27.2 Å². The van der Waals surface area contributed by atoms with Gasteiger partial charge in [0, 0.05) is 24.4 Å². The van der Waals surface area contributed by atoms with Gasteiger partial charge in [0.05, 0.1) is 0 Å². The van der Waals surface area contributed by atoms with E-state index in [1.807, 2.05) is 0 Å². The minimum absolute atomic E-state index is 0.346. The first-order valence-corrected chi connectivity index (χ1v) is 5.75. The molecule has 1 rings (SSSR count). The SMILES string of the molecule is CC(C)(C)C1CN[C@H](CS)CCN1. The summed E-state index contributed by atoms with van der Waals surface area (Å²) in [5.41, 5.74) is 0.346. The maximum Gasteiger partial charge on any atom is 0.0241 e. The van der Waals surface area contributed by atoms with Gasteiger partial charge >= 0.3 is 0 Å². The molecule has 2 N–H and O–H groups in total. The zero-order chi connectivity index (χ0) is 9.90. The van der Waals surface area contributed by atoms with Gasteiger partial charge in [-0.05, 0) is 18.4 Å². The molecular weight excluding hydrogens is 180 g/mol. The molecule has 0 amide bonds. The van der Waals surface area contributed by atoms with Gasteiger partial charge in [0.15, 0.2) is 0 Å². The quantitative estimate of drug-likeness (QED) is 0.558. The van der Waals surface area contributed by atoms with Crippen molar-refractivity contribution in [2.75, 3.05) is 18.8 Å².